The lowest BCUT2D eigenvalue weighted by Crippen LogP contribution is -2.51. The quantitative estimate of drug-likeness (QED) is 0.776. The predicted octanol–water partition coefficient (Wildman–Crippen LogP) is 0.385. The third kappa shape index (κ3) is 2.33. The molecule has 0 saturated carbocycles. The van der Waals surface area contributed by atoms with Gasteiger partial charge in [0.25, 0.3) is 0 Å². The van der Waals surface area contributed by atoms with E-state index in [-0.39, 0.29) is 24.2 Å². The first-order valence-electron chi connectivity index (χ1n) is 5.35. The molecule has 2 rings (SSSR count). The summed E-state index contributed by atoms with van der Waals surface area (Å²) in [5.74, 6) is 0.541. The molecule has 1 saturated heterocycles. The van der Waals surface area contributed by atoms with Gasteiger partial charge in [0.1, 0.15) is 5.75 Å². The van der Waals surface area contributed by atoms with Crippen LogP contribution in [0.5, 0.6) is 5.75 Å². The van der Waals surface area contributed by atoms with E-state index < -0.39 is 0 Å². The molecule has 16 heavy (non-hydrogen) atoms. The van der Waals surface area contributed by atoms with Gasteiger partial charge in [-0.05, 0) is 17.7 Å². The van der Waals surface area contributed by atoms with Crippen LogP contribution in [-0.2, 0) is 11.2 Å². The van der Waals surface area contributed by atoms with E-state index in [2.05, 4.69) is 0 Å². The van der Waals surface area contributed by atoms with Crippen molar-refractivity contribution in [3.05, 3.63) is 29.8 Å². The molecule has 1 aliphatic rings. The Bertz CT molecular complexity index is 368. The Hall–Kier alpha value is -1.55. The molecule has 0 aliphatic carbocycles. The smallest absolute Gasteiger partial charge is 0.227 e. The highest BCUT2D eigenvalue weighted by molar-refractivity contribution is 5.79. The number of likely N-dealkylation sites (tertiary alicyclic amines) is 1. The fraction of sp³-hybridized carbons (Fsp3) is 0.417. The lowest BCUT2D eigenvalue weighted by molar-refractivity contribution is -0.137. The van der Waals surface area contributed by atoms with E-state index in [0.29, 0.717) is 19.5 Å². The minimum absolute atomic E-state index is 0.0791. The second-order valence-electron chi connectivity index (χ2n) is 4.19. The van der Waals surface area contributed by atoms with Gasteiger partial charge >= 0.3 is 0 Å². The van der Waals surface area contributed by atoms with Gasteiger partial charge in [0.2, 0.25) is 5.91 Å². The van der Waals surface area contributed by atoms with Crippen molar-refractivity contribution in [3.63, 3.8) is 0 Å². The zero-order valence-electron chi connectivity index (χ0n) is 8.97. The Balaban J connectivity index is 1.86. The van der Waals surface area contributed by atoms with Crippen LogP contribution < -0.4 is 0 Å². The maximum absolute atomic E-state index is 11.7. The number of hydrogen-bond donors (Lipinski definition) is 2. The molecule has 86 valence electrons. The molecule has 0 atom stereocenters. The second kappa shape index (κ2) is 4.53. The van der Waals surface area contributed by atoms with Crippen molar-refractivity contribution in [2.24, 2.45) is 5.92 Å². The largest absolute Gasteiger partial charge is 0.508 e. The van der Waals surface area contributed by atoms with E-state index in [4.69, 9.17) is 10.2 Å². The first-order valence-corrected chi connectivity index (χ1v) is 5.35. The maximum Gasteiger partial charge on any atom is 0.227 e. The van der Waals surface area contributed by atoms with Crippen molar-refractivity contribution >= 4 is 5.91 Å². The first-order chi connectivity index (χ1) is 7.69. The molecule has 0 bridgehead atoms. The summed E-state index contributed by atoms with van der Waals surface area (Å²) in [5.41, 5.74) is 0.898. The highest BCUT2D eigenvalue weighted by Gasteiger charge is 2.29. The summed E-state index contributed by atoms with van der Waals surface area (Å²) in [4.78, 5) is 13.5. The third-order valence-electron chi connectivity index (χ3n) is 2.86. The summed E-state index contributed by atoms with van der Waals surface area (Å²) in [6.45, 7) is 1.48. The van der Waals surface area contributed by atoms with Crippen molar-refractivity contribution in [2.45, 2.75) is 6.42 Å². The number of aromatic hydroxyl groups is 1. The number of phenolic OH excluding ortho intramolecular Hbond substituents is 1. The van der Waals surface area contributed by atoms with Gasteiger partial charge in [-0.2, -0.15) is 0 Å². The Morgan fingerprint density at radius 1 is 1.31 bits per heavy atom. The van der Waals surface area contributed by atoms with Gasteiger partial charge in [-0.15, -0.1) is 0 Å². The van der Waals surface area contributed by atoms with Crippen molar-refractivity contribution < 1.29 is 15.0 Å². The number of aliphatic hydroxyl groups is 1. The number of rotatable bonds is 3. The fourth-order valence-corrected chi connectivity index (χ4v) is 1.79. The summed E-state index contributed by atoms with van der Waals surface area (Å²) >= 11 is 0. The minimum atomic E-state index is 0.0791. The molecule has 1 aromatic carbocycles. The first kappa shape index (κ1) is 11.0. The van der Waals surface area contributed by atoms with Crippen LogP contribution in [-0.4, -0.2) is 40.7 Å². The summed E-state index contributed by atoms with van der Waals surface area (Å²) in [6.07, 6.45) is 0.360. The molecule has 1 amide bonds. The zero-order chi connectivity index (χ0) is 11.5. The molecule has 0 aromatic heterocycles. The minimum Gasteiger partial charge on any atom is -0.508 e. The fourth-order valence-electron chi connectivity index (χ4n) is 1.79. The van der Waals surface area contributed by atoms with Gasteiger partial charge in [0, 0.05) is 25.6 Å². The highest BCUT2D eigenvalue weighted by Crippen LogP contribution is 2.17. The molecule has 4 heteroatoms. The summed E-state index contributed by atoms with van der Waals surface area (Å²) in [7, 11) is 0. The standard InChI is InChI=1S/C12H15NO3/c14-8-10-6-13(7-10)12(16)5-9-1-3-11(15)4-2-9/h1-4,10,14-15H,5-8H2. The highest BCUT2D eigenvalue weighted by atomic mass is 16.3. The third-order valence-corrected chi connectivity index (χ3v) is 2.86. The van der Waals surface area contributed by atoms with Crippen LogP contribution in [0.15, 0.2) is 24.3 Å². The van der Waals surface area contributed by atoms with Gasteiger partial charge in [0.05, 0.1) is 6.42 Å². The van der Waals surface area contributed by atoms with Gasteiger partial charge in [-0.1, -0.05) is 12.1 Å². The average Bonchev–Trinajstić information content (AvgIpc) is 2.20. The number of carbonyl (C=O) groups is 1. The van der Waals surface area contributed by atoms with E-state index in [0.717, 1.165) is 5.56 Å². The normalized spacial score (nSPS) is 15.9. The molecule has 1 aromatic rings. The molecule has 1 heterocycles. The number of benzene rings is 1. The summed E-state index contributed by atoms with van der Waals surface area (Å²) in [5, 5.41) is 17.9. The zero-order valence-corrected chi connectivity index (χ0v) is 8.97. The van der Waals surface area contributed by atoms with Crippen LogP contribution in [0.1, 0.15) is 5.56 Å². The lowest BCUT2D eigenvalue weighted by atomic mass is 10.00. The van der Waals surface area contributed by atoms with E-state index >= 15 is 0 Å². The van der Waals surface area contributed by atoms with Crippen molar-refractivity contribution in [1.29, 1.82) is 0 Å². The molecule has 0 radical (unpaired) electrons. The monoisotopic (exact) mass is 221 g/mol. The molecule has 1 aliphatic heterocycles. The number of amides is 1. The van der Waals surface area contributed by atoms with Gasteiger partial charge in [-0.25, -0.2) is 0 Å². The van der Waals surface area contributed by atoms with E-state index in [1.165, 1.54) is 0 Å². The number of aliphatic hydroxyl groups excluding tert-OH is 1. The summed E-state index contributed by atoms with van der Waals surface area (Å²) < 4.78 is 0. The second-order valence-corrected chi connectivity index (χ2v) is 4.19. The van der Waals surface area contributed by atoms with Crippen molar-refractivity contribution in [1.82, 2.24) is 4.90 Å². The van der Waals surface area contributed by atoms with E-state index in [1.54, 1.807) is 29.2 Å². The summed E-state index contributed by atoms with van der Waals surface area (Å²) in [6, 6.07) is 6.65. The van der Waals surface area contributed by atoms with Crippen LogP contribution in [0, 0.1) is 5.92 Å². The Morgan fingerprint density at radius 3 is 2.50 bits per heavy atom. The Labute approximate surface area is 94.1 Å². The lowest BCUT2D eigenvalue weighted by Gasteiger charge is -2.38. The molecule has 0 spiro atoms. The maximum atomic E-state index is 11.7. The number of hydrogen-bond acceptors (Lipinski definition) is 3. The Kier molecular flexibility index (Phi) is 3.10. The number of phenols is 1. The predicted molar refractivity (Wildman–Crippen MR) is 59.0 cm³/mol. The molecule has 4 nitrogen and oxygen atoms in total. The van der Waals surface area contributed by atoms with Crippen LogP contribution in [0.4, 0.5) is 0 Å². The topological polar surface area (TPSA) is 60.8 Å². The van der Waals surface area contributed by atoms with Crippen LogP contribution in [0.2, 0.25) is 0 Å². The van der Waals surface area contributed by atoms with Crippen LogP contribution in [0.3, 0.4) is 0 Å². The molecule has 0 unspecified atom stereocenters. The molecule has 1 fully saturated rings. The molecule has 2 N–H and O–H groups in total. The van der Waals surface area contributed by atoms with E-state index in [9.17, 15) is 4.79 Å². The molecular weight excluding hydrogens is 206 g/mol. The van der Waals surface area contributed by atoms with Crippen LogP contribution in [0.25, 0.3) is 0 Å². The van der Waals surface area contributed by atoms with Gasteiger partial charge < -0.3 is 15.1 Å². The van der Waals surface area contributed by atoms with Gasteiger partial charge in [-0.3, -0.25) is 4.79 Å². The number of nitrogens with zero attached hydrogens (tertiary/aromatic N) is 1. The molecular formula is C12H15NO3. The van der Waals surface area contributed by atoms with Crippen LogP contribution >= 0.6 is 0 Å². The SMILES string of the molecule is O=C(Cc1ccc(O)cc1)N1CC(CO)C1. The Morgan fingerprint density at radius 2 is 1.94 bits per heavy atom. The van der Waals surface area contributed by atoms with Crippen molar-refractivity contribution in [3.8, 4) is 5.75 Å². The van der Waals surface area contributed by atoms with Crippen molar-refractivity contribution in [2.75, 3.05) is 19.7 Å². The van der Waals surface area contributed by atoms with E-state index in [1.807, 2.05) is 0 Å². The number of carbonyl (C=O) groups excluding carboxylic acids is 1. The van der Waals surface area contributed by atoms with Gasteiger partial charge in [0.15, 0.2) is 0 Å². The average molecular weight is 221 g/mol.